The average Bonchev–Trinajstić information content (AvgIpc) is 2.95. The van der Waals surface area contributed by atoms with Crippen LogP contribution in [0.4, 0.5) is 0 Å². The largest absolute Gasteiger partial charge is 0.342 e. The van der Waals surface area contributed by atoms with Crippen LogP contribution in [0, 0.1) is 6.92 Å². The summed E-state index contributed by atoms with van der Waals surface area (Å²) < 4.78 is 0. The van der Waals surface area contributed by atoms with Gasteiger partial charge in [0.15, 0.2) is 0 Å². The van der Waals surface area contributed by atoms with E-state index in [-0.39, 0.29) is 18.0 Å². The number of likely N-dealkylation sites (tertiary alicyclic amines) is 1. The molecule has 1 aliphatic heterocycles. The Morgan fingerprint density at radius 2 is 1.95 bits per heavy atom. The second kappa shape index (κ2) is 7.05. The van der Waals surface area contributed by atoms with Crippen LogP contribution < -0.4 is 5.73 Å². The van der Waals surface area contributed by atoms with Gasteiger partial charge in [-0.15, -0.1) is 0 Å². The summed E-state index contributed by atoms with van der Waals surface area (Å²) in [4.78, 5) is 16.4. The highest BCUT2D eigenvalue weighted by Gasteiger charge is 2.26. The first kappa shape index (κ1) is 16.0. The third-order valence-electron chi connectivity index (χ3n) is 4.32. The molecule has 4 nitrogen and oxygen atoms in total. The van der Waals surface area contributed by atoms with E-state index in [2.05, 4.69) is 24.0 Å². The van der Waals surface area contributed by atoms with Gasteiger partial charge >= 0.3 is 0 Å². The number of hydrogen-bond donors (Lipinski definition) is 1. The Labute approximate surface area is 127 Å². The second-order valence-electron chi connectivity index (χ2n) is 6.16. The van der Waals surface area contributed by atoms with Crippen LogP contribution in [-0.4, -0.2) is 48.4 Å². The molecule has 2 unspecified atom stereocenters. The van der Waals surface area contributed by atoms with Crippen LogP contribution >= 0.6 is 0 Å². The number of benzene rings is 1. The highest BCUT2D eigenvalue weighted by molar-refractivity contribution is 5.78. The molecule has 4 heteroatoms. The summed E-state index contributed by atoms with van der Waals surface area (Å²) in [7, 11) is 1.99. The first-order chi connectivity index (χ1) is 10.0. The summed E-state index contributed by atoms with van der Waals surface area (Å²) in [6.07, 6.45) is 2.26. The smallest absolute Gasteiger partial charge is 0.236 e. The number of rotatable bonds is 5. The van der Waals surface area contributed by atoms with Crippen molar-refractivity contribution in [2.45, 2.75) is 38.8 Å². The summed E-state index contributed by atoms with van der Waals surface area (Å²) in [5.74, 6) is 0.217. The molecular weight excluding hydrogens is 262 g/mol. The van der Waals surface area contributed by atoms with Gasteiger partial charge in [0.05, 0.1) is 12.6 Å². The molecule has 2 rings (SSSR count). The molecule has 2 atom stereocenters. The number of nitrogens with zero attached hydrogens (tertiary/aromatic N) is 2. The molecule has 1 fully saturated rings. The van der Waals surface area contributed by atoms with E-state index < -0.39 is 0 Å². The van der Waals surface area contributed by atoms with Crippen molar-refractivity contribution in [3.63, 3.8) is 0 Å². The summed E-state index contributed by atoms with van der Waals surface area (Å²) in [5.41, 5.74) is 8.64. The Morgan fingerprint density at radius 1 is 1.33 bits per heavy atom. The fourth-order valence-corrected chi connectivity index (χ4v) is 3.22. The molecular formula is C17H27N3O. The fourth-order valence-electron chi connectivity index (χ4n) is 3.22. The maximum Gasteiger partial charge on any atom is 0.236 e. The predicted octanol–water partition coefficient (Wildman–Crippen LogP) is 1.94. The summed E-state index contributed by atoms with van der Waals surface area (Å²) in [6, 6.07) is 8.32. The van der Waals surface area contributed by atoms with Gasteiger partial charge in [-0.05, 0) is 44.9 Å². The SMILES string of the molecule is Cc1ccccc1C(C(C)N)N(C)CC(=O)N1CCCC1. The number of carbonyl (C=O) groups excluding carboxylic acids is 1. The first-order valence-corrected chi connectivity index (χ1v) is 7.80. The monoisotopic (exact) mass is 289 g/mol. The van der Waals surface area contributed by atoms with Gasteiger partial charge in [-0.25, -0.2) is 0 Å². The molecule has 0 aliphatic carbocycles. The van der Waals surface area contributed by atoms with Crippen LogP contribution in [0.15, 0.2) is 24.3 Å². The van der Waals surface area contributed by atoms with E-state index in [1.165, 1.54) is 11.1 Å². The molecule has 0 aromatic heterocycles. The molecule has 21 heavy (non-hydrogen) atoms. The zero-order chi connectivity index (χ0) is 15.4. The lowest BCUT2D eigenvalue weighted by molar-refractivity contribution is -0.131. The van der Waals surface area contributed by atoms with Crippen LogP contribution in [0.25, 0.3) is 0 Å². The minimum absolute atomic E-state index is 0.0255. The summed E-state index contributed by atoms with van der Waals surface area (Å²) >= 11 is 0. The molecule has 1 aromatic carbocycles. The molecule has 0 radical (unpaired) electrons. The van der Waals surface area contributed by atoms with Gasteiger partial charge < -0.3 is 10.6 Å². The lowest BCUT2D eigenvalue weighted by atomic mass is 9.95. The van der Waals surface area contributed by atoms with E-state index in [1.54, 1.807) is 0 Å². The van der Waals surface area contributed by atoms with E-state index in [0.717, 1.165) is 25.9 Å². The average molecular weight is 289 g/mol. The van der Waals surface area contributed by atoms with Gasteiger partial charge in [0.25, 0.3) is 0 Å². The van der Waals surface area contributed by atoms with Crippen molar-refractivity contribution in [3.8, 4) is 0 Å². The number of carbonyl (C=O) groups is 1. The molecule has 0 saturated carbocycles. The van der Waals surface area contributed by atoms with E-state index in [1.807, 2.05) is 31.0 Å². The van der Waals surface area contributed by atoms with Crippen molar-refractivity contribution in [3.05, 3.63) is 35.4 Å². The predicted molar refractivity (Wildman–Crippen MR) is 86.0 cm³/mol. The quantitative estimate of drug-likeness (QED) is 0.901. The Balaban J connectivity index is 2.11. The zero-order valence-corrected chi connectivity index (χ0v) is 13.4. The molecule has 1 aromatic rings. The summed E-state index contributed by atoms with van der Waals surface area (Å²) in [5, 5.41) is 0. The standard InChI is InChI=1S/C17H27N3O/c1-13-8-4-5-9-15(13)17(14(2)18)19(3)12-16(21)20-10-6-7-11-20/h4-5,8-9,14,17H,6-7,10-12,18H2,1-3H3. The fraction of sp³-hybridized carbons (Fsp3) is 0.588. The minimum Gasteiger partial charge on any atom is -0.342 e. The van der Waals surface area contributed by atoms with Gasteiger partial charge in [-0.2, -0.15) is 0 Å². The third-order valence-corrected chi connectivity index (χ3v) is 4.32. The normalized spacial score (nSPS) is 18.0. The van der Waals surface area contributed by atoms with E-state index in [9.17, 15) is 4.79 Å². The molecule has 116 valence electrons. The van der Waals surface area contributed by atoms with Gasteiger partial charge in [0.1, 0.15) is 0 Å². The second-order valence-corrected chi connectivity index (χ2v) is 6.16. The van der Waals surface area contributed by atoms with Crippen molar-refractivity contribution in [2.24, 2.45) is 5.73 Å². The van der Waals surface area contributed by atoms with Gasteiger partial charge in [-0.3, -0.25) is 9.69 Å². The highest BCUT2D eigenvalue weighted by atomic mass is 16.2. The molecule has 1 aliphatic rings. The Kier molecular flexibility index (Phi) is 5.37. The van der Waals surface area contributed by atoms with Crippen molar-refractivity contribution in [1.29, 1.82) is 0 Å². The lowest BCUT2D eigenvalue weighted by Crippen LogP contribution is -2.43. The van der Waals surface area contributed by atoms with Crippen LogP contribution in [0.2, 0.25) is 0 Å². The van der Waals surface area contributed by atoms with E-state index >= 15 is 0 Å². The maximum atomic E-state index is 12.3. The molecule has 1 amide bonds. The third kappa shape index (κ3) is 3.83. The van der Waals surface area contributed by atoms with Gasteiger partial charge in [0, 0.05) is 19.1 Å². The highest BCUT2D eigenvalue weighted by Crippen LogP contribution is 2.25. The van der Waals surface area contributed by atoms with Crippen LogP contribution in [-0.2, 0) is 4.79 Å². The molecule has 1 saturated heterocycles. The van der Waals surface area contributed by atoms with Crippen molar-refractivity contribution in [2.75, 3.05) is 26.7 Å². The molecule has 1 heterocycles. The van der Waals surface area contributed by atoms with Crippen molar-refractivity contribution in [1.82, 2.24) is 9.80 Å². The van der Waals surface area contributed by atoms with Crippen molar-refractivity contribution >= 4 is 5.91 Å². The first-order valence-electron chi connectivity index (χ1n) is 7.80. The van der Waals surface area contributed by atoms with Gasteiger partial charge in [0.2, 0.25) is 5.91 Å². The van der Waals surface area contributed by atoms with E-state index in [4.69, 9.17) is 5.73 Å². The van der Waals surface area contributed by atoms with Crippen molar-refractivity contribution < 1.29 is 4.79 Å². The molecule has 2 N–H and O–H groups in total. The van der Waals surface area contributed by atoms with Gasteiger partial charge in [-0.1, -0.05) is 24.3 Å². The number of aryl methyl sites for hydroxylation is 1. The topological polar surface area (TPSA) is 49.6 Å². The molecule has 0 bridgehead atoms. The minimum atomic E-state index is -0.0255. The zero-order valence-electron chi connectivity index (χ0n) is 13.4. The van der Waals surface area contributed by atoms with Crippen LogP contribution in [0.1, 0.15) is 36.9 Å². The van der Waals surface area contributed by atoms with E-state index in [0.29, 0.717) is 6.54 Å². The Bertz CT molecular complexity index is 481. The number of hydrogen-bond acceptors (Lipinski definition) is 3. The van der Waals surface area contributed by atoms with Crippen LogP contribution in [0.5, 0.6) is 0 Å². The summed E-state index contributed by atoms with van der Waals surface area (Å²) in [6.45, 7) is 6.34. The Morgan fingerprint density at radius 3 is 2.52 bits per heavy atom. The lowest BCUT2D eigenvalue weighted by Gasteiger charge is -2.33. The van der Waals surface area contributed by atoms with Crippen LogP contribution in [0.3, 0.4) is 0 Å². The molecule has 0 spiro atoms. The Hall–Kier alpha value is -1.39. The number of nitrogens with two attached hydrogens (primary N) is 1. The number of likely N-dealkylation sites (N-methyl/N-ethyl adjacent to an activating group) is 1. The maximum absolute atomic E-state index is 12.3. The number of amides is 1.